The molecule has 0 saturated carbocycles. The van der Waals surface area contributed by atoms with Crippen LogP contribution in [0.15, 0.2) is 65.3 Å². The van der Waals surface area contributed by atoms with Gasteiger partial charge >= 0.3 is 0 Å². The molecule has 2 aromatic carbocycles. The second-order valence-electron chi connectivity index (χ2n) is 5.58. The van der Waals surface area contributed by atoms with Crippen molar-refractivity contribution in [2.45, 2.75) is 13.2 Å². The number of carbonyl (C=O) groups is 1. The lowest BCUT2D eigenvalue weighted by Crippen LogP contribution is -2.23. The molecule has 0 saturated heterocycles. The molecule has 0 fully saturated rings. The minimum atomic E-state index is -0.131. The highest BCUT2D eigenvalue weighted by Crippen LogP contribution is 2.24. The van der Waals surface area contributed by atoms with Crippen LogP contribution in [-0.2, 0) is 20.2 Å². The Labute approximate surface area is 154 Å². The van der Waals surface area contributed by atoms with Crippen LogP contribution in [0.4, 0.5) is 0 Å². The highest BCUT2D eigenvalue weighted by Gasteiger charge is 2.08. The standard InChI is InChI=1S/C19H18BrN3O2/c1-23-10-9-16(22-23)12-21-19(24)15-6-4-5-14(11-15)13-25-18-8-3-2-7-17(18)20/h2-11H,12-13H2,1H3,(H,21,24). The molecular weight excluding hydrogens is 382 g/mol. The zero-order valence-electron chi connectivity index (χ0n) is 13.8. The number of para-hydroxylation sites is 1. The van der Waals surface area contributed by atoms with E-state index in [0.29, 0.717) is 18.7 Å². The lowest BCUT2D eigenvalue weighted by molar-refractivity contribution is 0.0950. The van der Waals surface area contributed by atoms with Gasteiger partial charge in [-0.25, -0.2) is 0 Å². The predicted molar refractivity (Wildman–Crippen MR) is 99.3 cm³/mol. The minimum Gasteiger partial charge on any atom is -0.488 e. The Bertz CT molecular complexity index is 876. The van der Waals surface area contributed by atoms with Gasteiger partial charge in [0, 0.05) is 18.8 Å². The van der Waals surface area contributed by atoms with Crippen LogP contribution in [0.3, 0.4) is 0 Å². The number of halogens is 1. The molecule has 0 radical (unpaired) electrons. The SMILES string of the molecule is Cn1ccc(CNC(=O)c2cccc(COc3ccccc3Br)c2)n1. The number of nitrogens with one attached hydrogen (secondary N) is 1. The van der Waals surface area contributed by atoms with Gasteiger partial charge in [-0.15, -0.1) is 0 Å². The van der Waals surface area contributed by atoms with E-state index in [4.69, 9.17) is 4.74 Å². The Morgan fingerprint density at radius 3 is 2.80 bits per heavy atom. The van der Waals surface area contributed by atoms with Gasteiger partial charge in [-0.2, -0.15) is 5.10 Å². The average Bonchev–Trinajstić information content (AvgIpc) is 3.04. The smallest absolute Gasteiger partial charge is 0.251 e. The number of carbonyl (C=O) groups excluding carboxylic acids is 1. The van der Waals surface area contributed by atoms with Crippen LogP contribution in [0.25, 0.3) is 0 Å². The summed E-state index contributed by atoms with van der Waals surface area (Å²) in [4.78, 5) is 12.3. The highest BCUT2D eigenvalue weighted by atomic mass is 79.9. The first-order valence-corrected chi connectivity index (χ1v) is 8.64. The van der Waals surface area contributed by atoms with Crippen molar-refractivity contribution >= 4 is 21.8 Å². The second-order valence-corrected chi connectivity index (χ2v) is 6.44. The number of hydrogen-bond donors (Lipinski definition) is 1. The molecule has 0 aliphatic carbocycles. The summed E-state index contributed by atoms with van der Waals surface area (Å²) in [6, 6.07) is 17.0. The van der Waals surface area contributed by atoms with E-state index in [1.54, 1.807) is 10.7 Å². The van der Waals surface area contributed by atoms with Gasteiger partial charge in [0.15, 0.2) is 0 Å². The number of amides is 1. The minimum absolute atomic E-state index is 0.131. The van der Waals surface area contributed by atoms with Crippen molar-refractivity contribution in [1.82, 2.24) is 15.1 Å². The van der Waals surface area contributed by atoms with Crippen LogP contribution >= 0.6 is 15.9 Å². The maximum Gasteiger partial charge on any atom is 0.251 e. The van der Waals surface area contributed by atoms with Crippen molar-refractivity contribution in [3.63, 3.8) is 0 Å². The van der Waals surface area contributed by atoms with E-state index in [9.17, 15) is 4.79 Å². The highest BCUT2D eigenvalue weighted by molar-refractivity contribution is 9.10. The fourth-order valence-electron chi connectivity index (χ4n) is 2.36. The number of aromatic nitrogens is 2. The topological polar surface area (TPSA) is 56.2 Å². The second kappa shape index (κ2) is 7.98. The molecule has 5 nitrogen and oxygen atoms in total. The van der Waals surface area contributed by atoms with Crippen molar-refractivity contribution < 1.29 is 9.53 Å². The van der Waals surface area contributed by atoms with Gasteiger partial charge in [-0.1, -0.05) is 24.3 Å². The first kappa shape index (κ1) is 17.2. The van der Waals surface area contributed by atoms with Crippen LogP contribution in [0.5, 0.6) is 5.75 Å². The summed E-state index contributed by atoms with van der Waals surface area (Å²) in [7, 11) is 1.85. The van der Waals surface area contributed by atoms with Gasteiger partial charge in [0.25, 0.3) is 5.91 Å². The number of aryl methyl sites for hydroxylation is 1. The molecule has 1 N–H and O–H groups in total. The Kier molecular flexibility index (Phi) is 5.50. The number of ether oxygens (including phenoxy) is 1. The molecule has 128 valence electrons. The predicted octanol–water partition coefficient (Wildman–Crippen LogP) is 3.69. The Morgan fingerprint density at radius 2 is 2.04 bits per heavy atom. The maximum atomic E-state index is 12.3. The van der Waals surface area contributed by atoms with Crippen LogP contribution < -0.4 is 10.1 Å². The average molecular weight is 400 g/mol. The monoisotopic (exact) mass is 399 g/mol. The van der Waals surface area contributed by atoms with Gasteiger partial charge < -0.3 is 10.1 Å². The first-order chi connectivity index (χ1) is 12.1. The van der Waals surface area contributed by atoms with Crippen molar-refractivity contribution in [3.8, 4) is 5.75 Å². The summed E-state index contributed by atoms with van der Waals surface area (Å²) >= 11 is 3.46. The van der Waals surface area contributed by atoms with E-state index >= 15 is 0 Å². The summed E-state index contributed by atoms with van der Waals surface area (Å²) in [5.74, 6) is 0.640. The molecule has 1 aromatic heterocycles. The molecule has 0 unspecified atom stereocenters. The van der Waals surface area contributed by atoms with E-state index in [0.717, 1.165) is 21.5 Å². The summed E-state index contributed by atoms with van der Waals surface area (Å²) in [6.45, 7) is 0.793. The Morgan fingerprint density at radius 1 is 1.20 bits per heavy atom. The lowest BCUT2D eigenvalue weighted by Gasteiger charge is -2.09. The van der Waals surface area contributed by atoms with Gasteiger partial charge in [-0.05, 0) is 51.8 Å². The molecule has 0 atom stereocenters. The Hall–Kier alpha value is -2.60. The van der Waals surface area contributed by atoms with Crippen LogP contribution in [-0.4, -0.2) is 15.7 Å². The van der Waals surface area contributed by atoms with Crippen molar-refractivity contribution in [2.24, 2.45) is 7.05 Å². The molecule has 1 heterocycles. The zero-order valence-corrected chi connectivity index (χ0v) is 15.4. The quantitative estimate of drug-likeness (QED) is 0.687. The van der Waals surface area contributed by atoms with Crippen LogP contribution in [0.2, 0.25) is 0 Å². The number of hydrogen-bond acceptors (Lipinski definition) is 3. The summed E-state index contributed by atoms with van der Waals surface area (Å²) < 4.78 is 8.41. The van der Waals surface area contributed by atoms with Gasteiger partial charge in [-0.3, -0.25) is 9.48 Å². The number of benzene rings is 2. The van der Waals surface area contributed by atoms with E-state index < -0.39 is 0 Å². The van der Waals surface area contributed by atoms with E-state index in [1.165, 1.54) is 0 Å². The fourth-order valence-corrected chi connectivity index (χ4v) is 2.75. The molecule has 3 aromatic rings. The van der Waals surface area contributed by atoms with Crippen LogP contribution in [0, 0.1) is 0 Å². The third kappa shape index (κ3) is 4.70. The lowest BCUT2D eigenvalue weighted by atomic mass is 10.1. The molecule has 6 heteroatoms. The Balaban J connectivity index is 1.60. The van der Waals surface area contributed by atoms with Crippen molar-refractivity contribution in [2.75, 3.05) is 0 Å². The normalized spacial score (nSPS) is 10.5. The van der Waals surface area contributed by atoms with E-state index in [2.05, 4.69) is 26.3 Å². The van der Waals surface area contributed by atoms with Crippen molar-refractivity contribution in [3.05, 3.63) is 82.1 Å². The molecule has 0 bridgehead atoms. The van der Waals surface area contributed by atoms with Crippen molar-refractivity contribution in [1.29, 1.82) is 0 Å². The van der Waals surface area contributed by atoms with Crippen LogP contribution in [0.1, 0.15) is 21.6 Å². The summed E-state index contributed by atoms with van der Waals surface area (Å²) in [6.07, 6.45) is 1.85. The molecule has 0 aliphatic rings. The molecule has 3 rings (SSSR count). The van der Waals surface area contributed by atoms with Gasteiger partial charge in [0.2, 0.25) is 0 Å². The molecule has 25 heavy (non-hydrogen) atoms. The maximum absolute atomic E-state index is 12.3. The largest absolute Gasteiger partial charge is 0.488 e. The molecule has 0 aliphatic heterocycles. The third-order valence-electron chi connectivity index (χ3n) is 3.62. The summed E-state index contributed by atoms with van der Waals surface area (Å²) in [5.41, 5.74) is 2.36. The van der Waals surface area contributed by atoms with Gasteiger partial charge in [0.05, 0.1) is 16.7 Å². The molecule has 0 spiro atoms. The van der Waals surface area contributed by atoms with E-state index in [1.807, 2.05) is 61.8 Å². The number of nitrogens with zero attached hydrogens (tertiary/aromatic N) is 2. The summed E-state index contributed by atoms with van der Waals surface area (Å²) in [5, 5.41) is 7.12. The van der Waals surface area contributed by atoms with E-state index in [-0.39, 0.29) is 5.91 Å². The number of rotatable bonds is 6. The first-order valence-electron chi connectivity index (χ1n) is 7.85. The molecular formula is C19H18BrN3O2. The van der Waals surface area contributed by atoms with Gasteiger partial charge in [0.1, 0.15) is 12.4 Å². The fraction of sp³-hybridized carbons (Fsp3) is 0.158. The zero-order chi connectivity index (χ0) is 17.6. The molecule has 1 amide bonds. The third-order valence-corrected chi connectivity index (χ3v) is 4.27.